The number of fused-ring (bicyclic) bond motifs is 1. The van der Waals surface area contributed by atoms with Crippen LogP contribution in [0, 0.1) is 5.92 Å². The largest absolute Gasteiger partial charge is 0.378 e. The van der Waals surface area contributed by atoms with Gasteiger partial charge in [0, 0.05) is 43.0 Å². The molecule has 1 aromatic rings. The highest BCUT2D eigenvalue weighted by Gasteiger charge is 2.36. The minimum Gasteiger partial charge on any atom is -0.378 e. The van der Waals surface area contributed by atoms with Gasteiger partial charge in [-0.05, 0) is 24.0 Å². The zero-order valence-electron chi connectivity index (χ0n) is 16.6. The number of anilines is 1. The van der Waals surface area contributed by atoms with Crippen LogP contribution < -0.4 is 4.90 Å². The fraction of sp³-hybridized carbons (Fsp3) is 0.500. The van der Waals surface area contributed by atoms with Gasteiger partial charge in [-0.2, -0.15) is 0 Å². The molecule has 3 aliphatic heterocycles. The molecule has 6 heteroatoms. The molecule has 0 radical (unpaired) electrons. The second-order valence-corrected chi connectivity index (χ2v) is 8.01. The highest BCUT2D eigenvalue weighted by Crippen LogP contribution is 2.35. The first-order chi connectivity index (χ1) is 13.5. The van der Waals surface area contributed by atoms with E-state index >= 15 is 0 Å². The number of allylic oxidation sites excluding steroid dienone is 1. The molecule has 0 aromatic heterocycles. The van der Waals surface area contributed by atoms with Crippen molar-refractivity contribution in [2.75, 3.05) is 31.2 Å². The maximum atomic E-state index is 13.3. The Labute approximate surface area is 165 Å². The van der Waals surface area contributed by atoms with Crippen molar-refractivity contribution in [3.8, 4) is 0 Å². The summed E-state index contributed by atoms with van der Waals surface area (Å²) in [5, 5.41) is 0. The fourth-order valence-corrected chi connectivity index (χ4v) is 4.21. The number of amides is 1. The molecule has 0 aliphatic carbocycles. The van der Waals surface area contributed by atoms with E-state index in [2.05, 4.69) is 29.8 Å². The van der Waals surface area contributed by atoms with E-state index in [4.69, 9.17) is 4.74 Å². The lowest BCUT2D eigenvalue weighted by molar-refractivity contribution is -0.118. The van der Waals surface area contributed by atoms with Gasteiger partial charge in [0.2, 0.25) is 5.91 Å². The van der Waals surface area contributed by atoms with Gasteiger partial charge >= 0.3 is 0 Å². The third-order valence-corrected chi connectivity index (χ3v) is 5.68. The van der Waals surface area contributed by atoms with Crippen molar-refractivity contribution in [3.63, 3.8) is 0 Å². The summed E-state index contributed by atoms with van der Waals surface area (Å²) < 4.78 is 5.38. The lowest BCUT2D eigenvalue weighted by atomic mass is 9.99. The molecule has 1 aromatic carbocycles. The van der Waals surface area contributed by atoms with E-state index in [1.54, 1.807) is 6.08 Å². The number of carbonyl (C=O) groups is 2. The Morgan fingerprint density at radius 3 is 2.75 bits per heavy atom. The van der Waals surface area contributed by atoms with Crippen LogP contribution in [0.3, 0.4) is 0 Å². The van der Waals surface area contributed by atoms with Crippen molar-refractivity contribution < 1.29 is 14.3 Å². The van der Waals surface area contributed by atoms with Crippen LogP contribution in [-0.4, -0.2) is 54.6 Å². The molecular formula is C22H27N3O3. The first-order valence-electron chi connectivity index (χ1n) is 10.1. The molecule has 6 nitrogen and oxygen atoms in total. The van der Waals surface area contributed by atoms with Crippen LogP contribution in [0.5, 0.6) is 0 Å². The molecule has 1 amide bonds. The third-order valence-electron chi connectivity index (χ3n) is 5.68. The Hall–Kier alpha value is -2.47. The zero-order chi connectivity index (χ0) is 19.7. The van der Waals surface area contributed by atoms with Gasteiger partial charge in [0.05, 0.1) is 19.6 Å². The highest BCUT2D eigenvalue weighted by molar-refractivity contribution is 6.16. The van der Waals surface area contributed by atoms with Gasteiger partial charge in [0.1, 0.15) is 5.82 Å². The van der Waals surface area contributed by atoms with E-state index in [1.807, 2.05) is 23.1 Å². The van der Waals surface area contributed by atoms with Crippen molar-refractivity contribution in [1.29, 1.82) is 0 Å². The SMILES string of the molecule is CC(C)[C@@H]1Cc2ccccc2N1C(=O)CC1=NC(N2CCOCC2)=CC(=O)C1. The molecule has 0 bridgehead atoms. The van der Waals surface area contributed by atoms with Crippen LogP contribution in [0.25, 0.3) is 0 Å². The molecule has 3 heterocycles. The smallest absolute Gasteiger partial charge is 0.232 e. The number of benzene rings is 1. The molecule has 0 spiro atoms. The Bertz CT molecular complexity index is 837. The van der Waals surface area contributed by atoms with Gasteiger partial charge in [-0.15, -0.1) is 0 Å². The Morgan fingerprint density at radius 1 is 1.25 bits per heavy atom. The number of aliphatic imine (C=N–C) groups is 1. The molecule has 4 rings (SSSR count). The summed E-state index contributed by atoms with van der Waals surface area (Å²) in [6.07, 6.45) is 2.89. The zero-order valence-corrected chi connectivity index (χ0v) is 16.6. The molecule has 1 atom stereocenters. The number of ether oxygens (including phenoxy) is 1. The topological polar surface area (TPSA) is 62.2 Å². The highest BCUT2D eigenvalue weighted by atomic mass is 16.5. The summed E-state index contributed by atoms with van der Waals surface area (Å²) in [6, 6.07) is 8.26. The summed E-state index contributed by atoms with van der Waals surface area (Å²) in [7, 11) is 0. The van der Waals surface area contributed by atoms with Crippen LogP contribution >= 0.6 is 0 Å². The molecule has 148 valence electrons. The van der Waals surface area contributed by atoms with Crippen LogP contribution in [0.4, 0.5) is 5.69 Å². The minimum atomic E-state index is 0.0153. The molecule has 0 saturated carbocycles. The summed E-state index contributed by atoms with van der Waals surface area (Å²) in [6.45, 7) is 7.01. The van der Waals surface area contributed by atoms with Gasteiger partial charge < -0.3 is 14.5 Å². The normalized spacial score (nSPS) is 22.2. The van der Waals surface area contributed by atoms with Crippen LogP contribution in [0.2, 0.25) is 0 Å². The predicted octanol–water partition coefficient (Wildman–Crippen LogP) is 2.58. The quantitative estimate of drug-likeness (QED) is 0.804. The number of rotatable bonds is 4. The van der Waals surface area contributed by atoms with Gasteiger partial charge in [-0.25, -0.2) is 4.99 Å². The number of carbonyl (C=O) groups excluding carboxylic acids is 2. The predicted molar refractivity (Wildman–Crippen MR) is 108 cm³/mol. The van der Waals surface area contributed by atoms with Gasteiger partial charge in [0.15, 0.2) is 5.78 Å². The molecule has 3 aliphatic rings. The van der Waals surface area contributed by atoms with E-state index < -0.39 is 0 Å². The first kappa shape index (κ1) is 18.9. The van der Waals surface area contributed by atoms with Crippen molar-refractivity contribution in [2.45, 2.75) is 39.2 Å². The fourth-order valence-electron chi connectivity index (χ4n) is 4.21. The first-order valence-corrected chi connectivity index (χ1v) is 10.1. The lowest BCUT2D eigenvalue weighted by Gasteiger charge is -2.31. The molecule has 1 fully saturated rings. The Balaban J connectivity index is 1.54. The standard InChI is InChI=1S/C22H27N3O3/c1-15(2)20-11-16-5-3-4-6-19(16)25(20)22(27)13-17-12-18(26)14-21(23-17)24-7-9-28-10-8-24/h3-6,14-15,20H,7-13H2,1-2H3/t20-/m0/s1. The number of hydrogen-bond donors (Lipinski definition) is 0. The van der Waals surface area contributed by atoms with Crippen molar-refractivity contribution >= 4 is 23.1 Å². The summed E-state index contributed by atoms with van der Waals surface area (Å²) in [5.74, 6) is 1.07. The Morgan fingerprint density at radius 2 is 2.00 bits per heavy atom. The maximum Gasteiger partial charge on any atom is 0.232 e. The molecule has 28 heavy (non-hydrogen) atoms. The van der Waals surface area contributed by atoms with Gasteiger partial charge in [-0.1, -0.05) is 32.0 Å². The van der Waals surface area contributed by atoms with E-state index in [-0.39, 0.29) is 30.6 Å². The van der Waals surface area contributed by atoms with Crippen molar-refractivity contribution in [1.82, 2.24) is 4.90 Å². The minimum absolute atomic E-state index is 0.0153. The van der Waals surface area contributed by atoms with E-state index in [1.165, 1.54) is 5.56 Å². The molecule has 0 N–H and O–H groups in total. The van der Waals surface area contributed by atoms with E-state index in [0.717, 1.165) is 25.2 Å². The monoisotopic (exact) mass is 381 g/mol. The van der Waals surface area contributed by atoms with Gasteiger partial charge in [-0.3, -0.25) is 9.59 Å². The number of nitrogens with zero attached hydrogens (tertiary/aromatic N) is 3. The van der Waals surface area contributed by atoms with Crippen molar-refractivity contribution in [3.05, 3.63) is 41.7 Å². The second-order valence-electron chi connectivity index (χ2n) is 8.01. The van der Waals surface area contributed by atoms with E-state index in [9.17, 15) is 9.59 Å². The second kappa shape index (κ2) is 7.87. The summed E-state index contributed by atoms with van der Waals surface area (Å²) in [5.41, 5.74) is 2.87. The molecule has 0 unspecified atom stereocenters. The van der Waals surface area contributed by atoms with Crippen LogP contribution in [0.15, 0.2) is 41.2 Å². The van der Waals surface area contributed by atoms with Gasteiger partial charge in [0.25, 0.3) is 0 Å². The van der Waals surface area contributed by atoms with E-state index in [0.29, 0.717) is 30.7 Å². The molecule has 1 saturated heterocycles. The number of para-hydroxylation sites is 1. The third kappa shape index (κ3) is 3.74. The molecular weight excluding hydrogens is 354 g/mol. The Kier molecular flexibility index (Phi) is 5.31. The summed E-state index contributed by atoms with van der Waals surface area (Å²) in [4.78, 5) is 34.2. The lowest BCUT2D eigenvalue weighted by Crippen LogP contribution is -2.42. The average molecular weight is 381 g/mol. The maximum absolute atomic E-state index is 13.3. The number of hydrogen-bond acceptors (Lipinski definition) is 5. The summed E-state index contributed by atoms with van der Waals surface area (Å²) >= 11 is 0. The number of morpholine rings is 1. The van der Waals surface area contributed by atoms with Crippen molar-refractivity contribution in [2.24, 2.45) is 10.9 Å². The number of ketones is 1. The average Bonchev–Trinajstić information content (AvgIpc) is 3.08. The van der Waals surface area contributed by atoms with Crippen LogP contribution in [0.1, 0.15) is 32.3 Å². The van der Waals surface area contributed by atoms with Crippen LogP contribution in [-0.2, 0) is 20.7 Å².